The van der Waals surface area contributed by atoms with Gasteiger partial charge in [-0.1, -0.05) is 11.6 Å². The van der Waals surface area contributed by atoms with E-state index in [0.29, 0.717) is 30.1 Å². The number of nitrogens with two attached hydrogens (primary N) is 1. The Hall–Kier alpha value is -1.75. The molecule has 0 aliphatic rings. The highest BCUT2D eigenvalue weighted by atomic mass is 35.5. The first-order valence-corrected chi connectivity index (χ1v) is 5.93. The molecule has 4 N–H and O–H groups in total. The summed E-state index contributed by atoms with van der Waals surface area (Å²) in [4.78, 5) is 21.5. The quantitative estimate of drug-likeness (QED) is 0.662. The molecule has 0 spiro atoms. The lowest BCUT2D eigenvalue weighted by Crippen LogP contribution is -2.11. The molecule has 6 heteroatoms. The van der Waals surface area contributed by atoms with E-state index in [2.05, 4.69) is 5.32 Å². The molecule has 1 aromatic carbocycles. The van der Waals surface area contributed by atoms with E-state index >= 15 is 0 Å². The zero-order valence-electron chi connectivity index (χ0n) is 9.78. The maximum absolute atomic E-state index is 11.0. The third-order valence-electron chi connectivity index (χ3n) is 2.38. The van der Waals surface area contributed by atoms with E-state index in [1.807, 2.05) is 0 Å². The van der Waals surface area contributed by atoms with Crippen molar-refractivity contribution in [1.29, 1.82) is 0 Å². The number of aromatic carboxylic acids is 1. The van der Waals surface area contributed by atoms with Crippen LogP contribution in [0.15, 0.2) is 18.2 Å². The number of carbonyl (C=O) groups is 2. The maximum atomic E-state index is 11.0. The van der Waals surface area contributed by atoms with E-state index in [1.54, 1.807) is 12.1 Å². The number of anilines is 1. The molecule has 0 aromatic heterocycles. The maximum Gasteiger partial charge on any atom is 0.337 e. The minimum absolute atomic E-state index is 0.136. The number of carbonyl (C=O) groups excluding carboxylic acids is 1. The van der Waals surface area contributed by atoms with E-state index in [-0.39, 0.29) is 11.5 Å². The van der Waals surface area contributed by atoms with Crippen molar-refractivity contribution in [1.82, 2.24) is 0 Å². The van der Waals surface area contributed by atoms with E-state index < -0.39 is 5.97 Å². The molecule has 0 atom stereocenters. The number of amides is 1. The Balaban J connectivity index is 2.51. The normalized spacial score (nSPS) is 10.1. The van der Waals surface area contributed by atoms with Gasteiger partial charge in [0.05, 0.1) is 5.56 Å². The molecule has 1 amide bonds. The average molecular weight is 271 g/mol. The first-order valence-electron chi connectivity index (χ1n) is 5.55. The van der Waals surface area contributed by atoms with Crippen molar-refractivity contribution in [2.75, 3.05) is 11.9 Å². The molecular weight excluding hydrogens is 256 g/mol. The highest BCUT2D eigenvalue weighted by Crippen LogP contribution is 2.20. The van der Waals surface area contributed by atoms with Crippen molar-refractivity contribution in [3.8, 4) is 0 Å². The molecule has 18 heavy (non-hydrogen) atoms. The molecule has 0 aliphatic heterocycles. The van der Waals surface area contributed by atoms with Crippen molar-refractivity contribution < 1.29 is 14.7 Å². The van der Waals surface area contributed by atoms with Crippen LogP contribution in [0.4, 0.5) is 5.69 Å². The minimum atomic E-state index is -1.03. The number of carboxylic acid groups (broad SMARTS) is 1. The molecule has 98 valence electrons. The van der Waals surface area contributed by atoms with Crippen LogP contribution >= 0.6 is 11.6 Å². The Morgan fingerprint density at radius 2 is 2.06 bits per heavy atom. The number of unbranched alkanes of at least 4 members (excludes halogenated alkanes) is 1. The summed E-state index contributed by atoms with van der Waals surface area (Å²) < 4.78 is 0. The van der Waals surface area contributed by atoms with Crippen LogP contribution in [0.1, 0.15) is 29.6 Å². The molecule has 0 heterocycles. The van der Waals surface area contributed by atoms with Gasteiger partial charge in [-0.15, -0.1) is 0 Å². The largest absolute Gasteiger partial charge is 0.478 e. The fourth-order valence-electron chi connectivity index (χ4n) is 1.49. The fraction of sp³-hybridized carbons (Fsp3) is 0.333. The summed E-state index contributed by atoms with van der Waals surface area (Å²) >= 11 is 5.74. The van der Waals surface area contributed by atoms with Crippen molar-refractivity contribution in [2.24, 2.45) is 5.73 Å². The van der Waals surface area contributed by atoms with Gasteiger partial charge in [-0.05, 0) is 31.0 Å². The number of nitrogens with one attached hydrogen (secondary N) is 1. The number of benzene rings is 1. The van der Waals surface area contributed by atoms with E-state index in [9.17, 15) is 9.59 Å². The predicted molar refractivity (Wildman–Crippen MR) is 69.9 cm³/mol. The van der Waals surface area contributed by atoms with Gasteiger partial charge >= 0.3 is 5.97 Å². The summed E-state index contributed by atoms with van der Waals surface area (Å²) in [5.41, 5.74) is 5.67. The first-order chi connectivity index (χ1) is 8.50. The van der Waals surface area contributed by atoms with E-state index in [1.165, 1.54) is 6.07 Å². The third kappa shape index (κ3) is 4.63. The van der Waals surface area contributed by atoms with E-state index in [4.69, 9.17) is 22.4 Å². The Kier molecular flexibility index (Phi) is 5.45. The summed E-state index contributed by atoms with van der Waals surface area (Å²) in [6.07, 6.45) is 1.76. The van der Waals surface area contributed by atoms with Gasteiger partial charge in [-0.2, -0.15) is 0 Å². The lowest BCUT2D eigenvalue weighted by molar-refractivity contribution is -0.118. The number of carboxylic acids is 1. The minimum Gasteiger partial charge on any atom is -0.478 e. The summed E-state index contributed by atoms with van der Waals surface area (Å²) in [6.45, 7) is 0.579. The molecule has 0 saturated carbocycles. The molecule has 0 saturated heterocycles. The molecule has 1 rings (SSSR count). The Morgan fingerprint density at radius 1 is 1.33 bits per heavy atom. The average Bonchev–Trinajstić information content (AvgIpc) is 2.29. The van der Waals surface area contributed by atoms with Crippen LogP contribution in [0.25, 0.3) is 0 Å². The molecular formula is C12H15ClN2O3. The highest BCUT2D eigenvalue weighted by Gasteiger charge is 2.10. The van der Waals surface area contributed by atoms with Crippen LogP contribution in [0.3, 0.4) is 0 Å². The second-order valence-corrected chi connectivity index (χ2v) is 4.28. The number of primary amides is 1. The van der Waals surface area contributed by atoms with Crippen molar-refractivity contribution in [2.45, 2.75) is 19.3 Å². The zero-order chi connectivity index (χ0) is 13.5. The van der Waals surface area contributed by atoms with Crippen LogP contribution < -0.4 is 11.1 Å². The highest BCUT2D eigenvalue weighted by molar-refractivity contribution is 6.31. The Morgan fingerprint density at radius 3 is 2.67 bits per heavy atom. The summed E-state index contributed by atoms with van der Waals surface area (Å²) in [7, 11) is 0. The Labute approximate surface area is 110 Å². The number of hydrogen-bond acceptors (Lipinski definition) is 3. The summed E-state index contributed by atoms with van der Waals surface area (Å²) in [5.74, 6) is -1.36. The molecule has 5 nitrogen and oxygen atoms in total. The van der Waals surface area contributed by atoms with Gasteiger partial charge in [0.2, 0.25) is 5.91 Å². The lowest BCUT2D eigenvalue weighted by Gasteiger charge is -2.09. The van der Waals surface area contributed by atoms with Crippen LogP contribution in [-0.2, 0) is 4.79 Å². The van der Waals surface area contributed by atoms with Crippen LogP contribution in [0.2, 0.25) is 5.02 Å². The molecule has 0 aliphatic carbocycles. The lowest BCUT2D eigenvalue weighted by atomic mass is 10.1. The fourth-order valence-corrected chi connectivity index (χ4v) is 1.67. The van der Waals surface area contributed by atoms with Gasteiger partial charge < -0.3 is 16.2 Å². The third-order valence-corrected chi connectivity index (χ3v) is 2.61. The van der Waals surface area contributed by atoms with E-state index in [0.717, 1.165) is 6.42 Å². The smallest absolute Gasteiger partial charge is 0.337 e. The number of halogens is 1. The van der Waals surface area contributed by atoms with Gasteiger partial charge in [0, 0.05) is 23.7 Å². The monoisotopic (exact) mass is 270 g/mol. The van der Waals surface area contributed by atoms with Crippen molar-refractivity contribution in [3.05, 3.63) is 28.8 Å². The molecule has 0 fully saturated rings. The zero-order valence-corrected chi connectivity index (χ0v) is 10.5. The molecule has 0 unspecified atom stereocenters. The first kappa shape index (κ1) is 14.3. The standard InChI is InChI=1S/C12H15ClN2O3/c13-8-4-5-10(9(7-8)12(17)18)15-6-2-1-3-11(14)16/h4-5,7,15H,1-3,6H2,(H2,14,16)(H,17,18). The SMILES string of the molecule is NC(=O)CCCCNc1ccc(Cl)cc1C(=O)O. The predicted octanol–water partition coefficient (Wildman–Crippen LogP) is 2.11. The van der Waals surface area contributed by atoms with Gasteiger partial charge in [0.25, 0.3) is 0 Å². The second-order valence-electron chi connectivity index (χ2n) is 3.85. The summed E-state index contributed by atoms with van der Waals surface area (Å²) in [6, 6.07) is 4.65. The van der Waals surface area contributed by atoms with Crippen molar-refractivity contribution >= 4 is 29.2 Å². The van der Waals surface area contributed by atoms with Gasteiger partial charge in [-0.3, -0.25) is 4.79 Å². The van der Waals surface area contributed by atoms with Crippen LogP contribution in [0, 0.1) is 0 Å². The molecule has 1 aromatic rings. The van der Waals surface area contributed by atoms with Crippen molar-refractivity contribution in [3.63, 3.8) is 0 Å². The summed E-state index contributed by atoms with van der Waals surface area (Å²) in [5, 5.41) is 12.4. The number of rotatable bonds is 7. The molecule has 0 bridgehead atoms. The van der Waals surface area contributed by atoms with Gasteiger partial charge in [-0.25, -0.2) is 4.79 Å². The topological polar surface area (TPSA) is 92.4 Å². The van der Waals surface area contributed by atoms with Crippen LogP contribution in [0.5, 0.6) is 0 Å². The van der Waals surface area contributed by atoms with Crippen LogP contribution in [-0.4, -0.2) is 23.5 Å². The van der Waals surface area contributed by atoms with Gasteiger partial charge in [0.15, 0.2) is 0 Å². The van der Waals surface area contributed by atoms with Gasteiger partial charge in [0.1, 0.15) is 0 Å². The second kappa shape index (κ2) is 6.86. The molecule has 0 radical (unpaired) electrons. The Bertz CT molecular complexity index is 449. The number of hydrogen-bond donors (Lipinski definition) is 3.